The van der Waals surface area contributed by atoms with Gasteiger partial charge >= 0.3 is 0 Å². The Hall–Kier alpha value is -2.04. The molecule has 1 fully saturated rings. The first-order valence-electron chi connectivity index (χ1n) is 8.40. The zero-order valence-corrected chi connectivity index (χ0v) is 14.0. The quantitative estimate of drug-likeness (QED) is 0.845. The number of benzene rings is 2. The molecule has 24 heavy (non-hydrogen) atoms. The van der Waals surface area contributed by atoms with Gasteiger partial charge < -0.3 is 19.3 Å². The largest absolute Gasteiger partial charge is 0.493 e. The minimum Gasteiger partial charge on any atom is -0.493 e. The van der Waals surface area contributed by atoms with Crippen molar-refractivity contribution in [2.45, 2.75) is 31.5 Å². The highest BCUT2D eigenvalue weighted by atomic mass is 16.6. The van der Waals surface area contributed by atoms with E-state index in [9.17, 15) is 5.11 Å². The molecule has 128 valence electrons. The highest BCUT2D eigenvalue weighted by Crippen LogP contribution is 2.33. The number of aliphatic hydroxyl groups is 1. The Labute approximate surface area is 143 Å². The van der Waals surface area contributed by atoms with Crippen molar-refractivity contribution in [1.29, 1.82) is 0 Å². The summed E-state index contributed by atoms with van der Waals surface area (Å²) in [5.74, 6) is 1.35. The normalized spacial score (nSPS) is 18.3. The molecule has 0 saturated carbocycles. The van der Waals surface area contributed by atoms with Crippen LogP contribution in [0, 0.1) is 0 Å². The van der Waals surface area contributed by atoms with Crippen LogP contribution in [0.25, 0.3) is 0 Å². The lowest BCUT2D eigenvalue weighted by molar-refractivity contribution is 0.137. The molecule has 0 bridgehead atoms. The maximum atomic E-state index is 10.5. The summed E-state index contributed by atoms with van der Waals surface area (Å²) in [7, 11) is 1.62. The molecule has 2 aromatic rings. The molecule has 1 heterocycles. The molecule has 1 aliphatic rings. The van der Waals surface area contributed by atoms with Crippen molar-refractivity contribution in [2.75, 3.05) is 20.3 Å². The number of aryl methyl sites for hydroxylation is 1. The van der Waals surface area contributed by atoms with E-state index >= 15 is 0 Å². The Morgan fingerprint density at radius 3 is 2.71 bits per heavy atom. The van der Waals surface area contributed by atoms with Crippen LogP contribution < -0.4 is 9.47 Å². The minimum absolute atomic E-state index is 0.0515. The third-order valence-electron chi connectivity index (χ3n) is 4.30. The molecule has 2 atom stereocenters. The lowest BCUT2D eigenvalue weighted by Crippen LogP contribution is -2.16. The number of aliphatic hydroxyl groups excluding tert-OH is 1. The van der Waals surface area contributed by atoms with Crippen molar-refractivity contribution in [3.05, 3.63) is 59.7 Å². The Kier molecular flexibility index (Phi) is 5.72. The zero-order chi connectivity index (χ0) is 16.8. The minimum atomic E-state index is -0.529. The first kappa shape index (κ1) is 16.8. The van der Waals surface area contributed by atoms with E-state index in [1.165, 1.54) is 5.56 Å². The van der Waals surface area contributed by atoms with Crippen molar-refractivity contribution < 1.29 is 19.3 Å². The van der Waals surface area contributed by atoms with E-state index in [1.54, 1.807) is 7.11 Å². The van der Waals surface area contributed by atoms with E-state index in [0.29, 0.717) is 24.5 Å². The van der Waals surface area contributed by atoms with E-state index in [1.807, 2.05) is 36.4 Å². The SMILES string of the molecule is COc1ccc(C(O)CCc2ccccc2)cc1OC1CCOC1. The second kappa shape index (κ2) is 8.18. The average molecular weight is 328 g/mol. The first-order valence-corrected chi connectivity index (χ1v) is 8.40. The summed E-state index contributed by atoms with van der Waals surface area (Å²) >= 11 is 0. The maximum absolute atomic E-state index is 10.5. The predicted molar refractivity (Wildman–Crippen MR) is 92.6 cm³/mol. The molecule has 0 amide bonds. The molecule has 0 spiro atoms. The first-order chi connectivity index (χ1) is 11.8. The fourth-order valence-corrected chi connectivity index (χ4v) is 2.89. The fraction of sp³-hybridized carbons (Fsp3) is 0.400. The molecule has 0 aliphatic carbocycles. The summed E-state index contributed by atoms with van der Waals surface area (Å²) in [6.45, 7) is 1.33. The number of rotatable bonds is 7. The van der Waals surface area contributed by atoms with Crippen molar-refractivity contribution in [1.82, 2.24) is 0 Å². The molecular weight excluding hydrogens is 304 g/mol. The van der Waals surface area contributed by atoms with Crippen molar-refractivity contribution in [3.63, 3.8) is 0 Å². The van der Waals surface area contributed by atoms with E-state index in [2.05, 4.69) is 12.1 Å². The summed E-state index contributed by atoms with van der Waals surface area (Å²) in [5, 5.41) is 10.5. The van der Waals surface area contributed by atoms with Gasteiger partial charge in [0.2, 0.25) is 0 Å². The molecule has 0 radical (unpaired) electrons. The molecule has 1 aliphatic heterocycles. The van der Waals surface area contributed by atoms with E-state index in [4.69, 9.17) is 14.2 Å². The number of ether oxygens (including phenoxy) is 3. The van der Waals surface area contributed by atoms with E-state index < -0.39 is 6.10 Å². The molecule has 2 aromatic carbocycles. The monoisotopic (exact) mass is 328 g/mol. The van der Waals surface area contributed by atoms with Gasteiger partial charge in [-0.1, -0.05) is 36.4 Å². The molecular formula is C20H24O4. The Morgan fingerprint density at radius 2 is 2.00 bits per heavy atom. The third-order valence-corrected chi connectivity index (χ3v) is 4.30. The van der Waals surface area contributed by atoms with Gasteiger partial charge in [-0.3, -0.25) is 0 Å². The fourth-order valence-electron chi connectivity index (χ4n) is 2.89. The lowest BCUT2D eigenvalue weighted by Gasteiger charge is -2.18. The van der Waals surface area contributed by atoms with Crippen LogP contribution in [0.3, 0.4) is 0 Å². The van der Waals surface area contributed by atoms with E-state index in [0.717, 1.165) is 25.0 Å². The van der Waals surface area contributed by atoms with Gasteiger partial charge in [-0.05, 0) is 36.1 Å². The Morgan fingerprint density at radius 1 is 1.17 bits per heavy atom. The number of hydrogen-bond acceptors (Lipinski definition) is 4. The zero-order valence-electron chi connectivity index (χ0n) is 14.0. The molecule has 4 nitrogen and oxygen atoms in total. The second-order valence-corrected chi connectivity index (χ2v) is 6.05. The van der Waals surface area contributed by atoms with Crippen LogP contribution in [-0.2, 0) is 11.2 Å². The highest BCUT2D eigenvalue weighted by Gasteiger charge is 2.20. The Bertz CT molecular complexity index is 635. The van der Waals surface area contributed by atoms with Crippen LogP contribution in [0.2, 0.25) is 0 Å². The summed E-state index contributed by atoms with van der Waals surface area (Å²) < 4.78 is 16.7. The topological polar surface area (TPSA) is 47.9 Å². The highest BCUT2D eigenvalue weighted by molar-refractivity contribution is 5.43. The summed E-state index contributed by atoms with van der Waals surface area (Å²) in [4.78, 5) is 0. The van der Waals surface area contributed by atoms with Crippen molar-refractivity contribution >= 4 is 0 Å². The van der Waals surface area contributed by atoms with Gasteiger partial charge in [-0.2, -0.15) is 0 Å². The molecule has 1 saturated heterocycles. The molecule has 2 unspecified atom stereocenters. The summed E-state index contributed by atoms with van der Waals surface area (Å²) in [6, 6.07) is 15.8. The number of methoxy groups -OCH3 is 1. The van der Waals surface area contributed by atoms with Crippen LogP contribution in [0.5, 0.6) is 11.5 Å². The van der Waals surface area contributed by atoms with Gasteiger partial charge in [-0.25, -0.2) is 0 Å². The lowest BCUT2D eigenvalue weighted by atomic mass is 10.0. The van der Waals surface area contributed by atoms with Gasteiger partial charge in [0.1, 0.15) is 6.10 Å². The predicted octanol–water partition coefficient (Wildman–Crippen LogP) is 3.53. The third kappa shape index (κ3) is 4.28. The molecule has 1 N–H and O–H groups in total. The number of hydrogen-bond donors (Lipinski definition) is 1. The smallest absolute Gasteiger partial charge is 0.162 e. The average Bonchev–Trinajstić information content (AvgIpc) is 3.13. The molecule has 0 aromatic heterocycles. The van der Waals surface area contributed by atoms with Crippen molar-refractivity contribution in [2.24, 2.45) is 0 Å². The maximum Gasteiger partial charge on any atom is 0.162 e. The molecule has 4 heteroatoms. The van der Waals surface area contributed by atoms with Gasteiger partial charge in [0.05, 0.1) is 26.4 Å². The summed E-state index contributed by atoms with van der Waals surface area (Å²) in [6.07, 6.45) is 1.90. The van der Waals surface area contributed by atoms with E-state index in [-0.39, 0.29) is 6.10 Å². The Balaban J connectivity index is 1.67. The van der Waals surface area contributed by atoms with Crippen molar-refractivity contribution in [3.8, 4) is 11.5 Å². The standard InChI is InChI=1S/C20H24O4/c1-22-19-10-8-16(13-20(19)24-17-11-12-23-14-17)18(21)9-7-15-5-3-2-4-6-15/h2-6,8,10,13,17-18,21H,7,9,11-12,14H2,1H3. The van der Waals surface area contributed by atoms with Crippen LogP contribution in [-0.4, -0.2) is 31.5 Å². The van der Waals surface area contributed by atoms with Gasteiger partial charge in [0.25, 0.3) is 0 Å². The van der Waals surface area contributed by atoms with Crippen LogP contribution >= 0.6 is 0 Å². The molecule has 3 rings (SSSR count). The van der Waals surface area contributed by atoms with Gasteiger partial charge in [-0.15, -0.1) is 0 Å². The van der Waals surface area contributed by atoms with Crippen LogP contribution in [0.4, 0.5) is 0 Å². The second-order valence-electron chi connectivity index (χ2n) is 6.05. The summed E-state index contributed by atoms with van der Waals surface area (Å²) in [5.41, 5.74) is 2.07. The van der Waals surface area contributed by atoms with Crippen LogP contribution in [0.15, 0.2) is 48.5 Å². The van der Waals surface area contributed by atoms with Gasteiger partial charge in [0, 0.05) is 6.42 Å². The van der Waals surface area contributed by atoms with Crippen LogP contribution in [0.1, 0.15) is 30.1 Å². The van der Waals surface area contributed by atoms with Gasteiger partial charge in [0.15, 0.2) is 11.5 Å².